The second-order valence-electron chi connectivity index (χ2n) is 18.1. The highest BCUT2D eigenvalue weighted by atomic mass is 16.5. The molecule has 358 valence electrons. The fourth-order valence-corrected chi connectivity index (χ4v) is 8.72. The number of ether oxygens (including phenoxy) is 4. The van der Waals surface area contributed by atoms with Gasteiger partial charge in [0.2, 0.25) is 0 Å². The third-order valence-corrected chi connectivity index (χ3v) is 12.8. The Bertz CT molecular complexity index is 2460. The van der Waals surface area contributed by atoms with Crippen LogP contribution in [0, 0.1) is 22.7 Å². The summed E-state index contributed by atoms with van der Waals surface area (Å²) in [7, 11) is 0. The molecule has 0 aliphatic carbocycles. The molecule has 0 amide bonds. The molecule has 7 rings (SSSR count). The summed E-state index contributed by atoms with van der Waals surface area (Å²) in [5, 5.41) is 18.1. The van der Waals surface area contributed by atoms with Gasteiger partial charge >= 0.3 is 0 Å². The van der Waals surface area contributed by atoms with E-state index in [0.717, 1.165) is 119 Å². The molecular formula is C64H68N2O4. The van der Waals surface area contributed by atoms with Gasteiger partial charge in [0, 0.05) is 11.1 Å². The summed E-state index contributed by atoms with van der Waals surface area (Å²) in [6.07, 6.45) is 18.7. The van der Waals surface area contributed by atoms with Crippen LogP contribution < -0.4 is 18.9 Å². The Hall–Kier alpha value is -7.28. The molecule has 0 bridgehead atoms. The number of benzene rings is 7. The Kier molecular flexibility index (Phi) is 20.9. The van der Waals surface area contributed by atoms with E-state index in [0.29, 0.717) is 24.3 Å². The minimum Gasteiger partial charge on any atom is -0.494 e. The largest absolute Gasteiger partial charge is 0.494 e. The molecule has 0 radical (unpaired) electrons. The maximum Gasteiger partial charge on any atom is 0.128 e. The highest BCUT2D eigenvalue weighted by molar-refractivity contribution is 5.81. The first-order valence-electron chi connectivity index (χ1n) is 25.7. The zero-order valence-corrected chi connectivity index (χ0v) is 40.8. The minimum absolute atomic E-state index is 0.673. The van der Waals surface area contributed by atoms with Gasteiger partial charge < -0.3 is 18.9 Å². The molecule has 0 aliphatic heterocycles. The van der Waals surface area contributed by atoms with E-state index in [-0.39, 0.29) is 0 Å². The van der Waals surface area contributed by atoms with E-state index in [1.165, 1.54) is 64.2 Å². The fraction of sp³-hybridized carbons (Fsp3) is 0.312. The molecule has 0 N–H and O–H groups in total. The van der Waals surface area contributed by atoms with Gasteiger partial charge in [0.05, 0.1) is 49.7 Å². The summed E-state index contributed by atoms with van der Waals surface area (Å²) in [4.78, 5) is 0. The zero-order valence-electron chi connectivity index (χ0n) is 40.8. The smallest absolute Gasteiger partial charge is 0.128 e. The molecule has 0 atom stereocenters. The number of nitrogens with zero attached hydrogens (tertiary/aromatic N) is 2. The molecule has 6 heteroatoms. The van der Waals surface area contributed by atoms with Crippen LogP contribution in [-0.2, 0) is 0 Å². The van der Waals surface area contributed by atoms with Crippen molar-refractivity contribution in [1.82, 2.24) is 0 Å². The Morgan fingerprint density at radius 1 is 0.271 bits per heavy atom. The van der Waals surface area contributed by atoms with Crippen LogP contribution in [0.4, 0.5) is 0 Å². The molecule has 0 heterocycles. The molecule has 6 nitrogen and oxygen atoms in total. The molecule has 7 aromatic rings. The Balaban J connectivity index is 0.768. The zero-order chi connectivity index (χ0) is 48.3. The van der Waals surface area contributed by atoms with Gasteiger partial charge in [0.15, 0.2) is 0 Å². The Morgan fingerprint density at radius 3 is 0.843 bits per heavy atom. The van der Waals surface area contributed by atoms with Crippen LogP contribution in [0.25, 0.3) is 44.5 Å². The standard InChI is InChI=1S/C64H68N2O4/c65-49-51-27-31-53(32-28-51)55-35-39-59(40-36-55)67-43-19-9-5-1-3-7-11-21-45-69-63-47-62(58-25-17-14-18-26-58)64(48-61(63)57-23-15-13-16-24-57)70-46-22-12-8-4-2-6-10-20-44-68-60-41-37-56(38-42-60)54-33-29-52(50-66)30-34-54/h13-18,23-42,47-48H,1-12,19-22,43-46H2. The van der Waals surface area contributed by atoms with Crippen LogP contribution in [0.3, 0.4) is 0 Å². The summed E-state index contributed by atoms with van der Waals surface area (Å²) in [5.41, 5.74) is 10.2. The van der Waals surface area contributed by atoms with E-state index in [2.05, 4.69) is 109 Å². The summed E-state index contributed by atoms with van der Waals surface area (Å²) < 4.78 is 25.3. The fourth-order valence-electron chi connectivity index (χ4n) is 8.72. The molecule has 0 saturated heterocycles. The van der Waals surface area contributed by atoms with Gasteiger partial charge in [-0.3, -0.25) is 0 Å². The molecule has 70 heavy (non-hydrogen) atoms. The predicted molar refractivity (Wildman–Crippen MR) is 286 cm³/mol. The lowest BCUT2D eigenvalue weighted by atomic mass is 9.98. The molecule has 0 aliphatic rings. The van der Waals surface area contributed by atoms with Gasteiger partial charge in [0.1, 0.15) is 23.0 Å². The summed E-state index contributed by atoms with van der Waals surface area (Å²) in [6.45, 7) is 2.84. The SMILES string of the molecule is N#Cc1ccc(-c2ccc(OCCCCCCCCCCOc3cc(-c4ccccc4)c(OCCCCCCCCCCOc4ccc(-c5ccc(C#N)cc5)cc4)cc3-c3ccccc3)cc2)cc1. The number of hydrogen-bond acceptors (Lipinski definition) is 6. The lowest BCUT2D eigenvalue weighted by molar-refractivity contribution is 0.297. The van der Waals surface area contributed by atoms with Gasteiger partial charge in [-0.25, -0.2) is 0 Å². The maximum absolute atomic E-state index is 9.05. The highest BCUT2D eigenvalue weighted by Gasteiger charge is 2.16. The lowest BCUT2D eigenvalue weighted by Gasteiger charge is -2.18. The van der Waals surface area contributed by atoms with Crippen LogP contribution in [-0.4, -0.2) is 26.4 Å². The van der Waals surface area contributed by atoms with Crippen molar-refractivity contribution in [1.29, 1.82) is 10.5 Å². The number of nitriles is 2. The van der Waals surface area contributed by atoms with Crippen molar-refractivity contribution in [3.05, 3.63) is 181 Å². The Morgan fingerprint density at radius 2 is 0.543 bits per heavy atom. The molecule has 7 aromatic carbocycles. The van der Waals surface area contributed by atoms with Crippen LogP contribution >= 0.6 is 0 Å². The van der Waals surface area contributed by atoms with Crippen LogP contribution in [0.1, 0.15) is 114 Å². The summed E-state index contributed by atoms with van der Waals surface area (Å²) in [5.74, 6) is 3.61. The van der Waals surface area contributed by atoms with Crippen LogP contribution in [0.15, 0.2) is 170 Å². The van der Waals surface area contributed by atoms with Crippen molar-refractivity contribution < 1.29 is 18.9 Å². The van der Waals surface area contributed by atoms with Gasteiger partial charge in [-0.2, -0.15) is 10.5 Å². The van der Waals surface area contributed by atoms with Crippen molar-refractivity contribution in [2.75, 3.05) is 26.4 Å². The normalized spacial score (nSPS) is 10.8. The lowest BCUT2D eigenvalue weighted by Crippen LogP contribution is -2.03. The van der Waals surface area contributed by atoms with Crippen molar-refractivity contribution in [2.24, 2.45) is 0 Å². The third kappa shape index (κ3) is 16.5. The molecule has 0 aromatic heterocycles. The Labute approximate surface area is 417 Å². The van der Waals surface area contributed by atoms with Crippen molar-refractivity contribution in [3.63, 3.8) is 0 Å². The van der Waals surface area contributed by atoms with Crippen molar-refractivity contribution in [3.8, 4) is 79.6 Å². The van der Waals surface area contributed by atoms with Gasteiger partial charge in [-0.05, 0) is 120 Å². The maximum atomic E-state index is 9.05. The quantitative estimate of drug-likeness (QED) is 0.0418. The van der Waals surface area contributed by atoms with E-state index in [1.807, 2.05) is 72.8 Å². The number of hydrogen-bond donors (Lipinski definition) is 0. The predicted octanol–water partition coefficient (Wildman–Crippen LogP) is 17.3. The van der Waals surface area contributed by atoms with E-state index >= 15 is 0 Å². The number of rotatable bonds is 30. The first-order chi connectivity index (χ1) is 34.7. The molecule has 0 spiro atoms. The molecular weight excluding hydrogens is 861 g/mol. The van der Waals surface area contributed by atoms with Crippen molar-refractivity contribution in [2.45, 2.75) is 103 Å². The molecule has 0 unspecified atom stereocenters. The third-order valence-electron chi connectivity index (χ3n) is 12.8. The topological polar surface area (TPSA) is 84.5 Å². The van der Waals surface area contributed by atoms with E-state index < -0.39 is 0 Å². The monoisotopic (exact) mass is 929 g/mol. The average Bonchev–Trinajstić information content (AvgIpc) is 3.42. The van der Waals surface area contributed by atoms with Crippen LogP contribution in [0.5, 0.6) is 23.0 Å². The van der Waals surface area contributed by atoms with E-state index in [9.17, 15) is 0 Å². The number of unbranched alkanes of at least 4 members (excludes halogenated alkanes) is 14. The summed E-state index contributed by atoms with van der Waals surface area (Å²) in [6, 6.07) is 61.6. The molecule has 0 fully saturated rings. The van der Waals surface area contributed by atoms with E-state index in [1.54, 1.807) is 0 Å². The van der Waals surface area contributed by atoms with Gasteiger partial charge in [0.25, 0.3) is 0 Å². The van der Waals surface area contributed by atoms with E-state index in [4.69, 9.17) is 29.5 Å². The molecule has 0 saturated carbocycles. The van der Waals surface area contributed by atoms with Gasteiger partial charge in [-0.1, -0.05) is 186 Å². The van der Waals surface area contributed by atoms with Crippen molar-refractivity contribution >= 4 is 0 Å². The first kappa shape index (κ1) is 50.6. The minimum atomic E-state index is 0.673. The summed E-state index contributed by atoms with van der Waals surface area (Å²) >= 11 is 0. The van der Waals surface area contributed by atoms with Crippen LogP contribution in [0.2, 0.25) is 0 Å². The highest BCUT2D eigenvalue weighted by Crippen LogP contribution is 2.41. The second-order valence-corrected chi connectivity index (χ2v) is 18.1. The average molecular weight is 929 g/mol. The van der Waals surface area contributed by atoms with Gasteiger partial charge in [-0.15, -0.1) is 0 Å². The first-order valence-corrected chi connectivity index (χ1v) is 25.7. The second kappa shape index (κ2) is 28.9.